The Morgan fingerprint density at radius 2 is 2.05 bits per heavy atom. The molecule has 4 nitrogen and oxygen atoms in total. The van der Waals surface area contributed by atoms with Crippen LogP contribution in [0.3, 0.4) is 0 Å². The molecular weight excluding hydrogens is 363 g/mol. The van der Waals surface area contributed by atoms with Gasteiger partial charge in [-0.05, 0) is 38.6 Å². The molecule has 2 N–H and O–H groups in total. The molecule has 1 saturated heterocycles. The van der Waals surface area contributed by atoms with Crippen LogP contribution in [0.2, 0.25) is 0 Å². The molecule has 1 rings (SSSR count). The lowest BCUT2D eigenvalue weighted by Gasteiger charge is -2.33. The van der Waals surface area contributed by atoms with Gasteiger partial charge in [-0.2, -0.15) is 0 Å². The highest BCUT2D eigenvalue weighted by atomic mass is 127. The fourth-order valence-corrected chi connectivity index (χ4v) is 2.50. The minimum atomic E-state index is 0. The highest BCUT2D eigenvalue weighted by molar-refractivity contribution is 14.0. The largest absolute Gasteiger partial charge is 0.356 e. The Morgan fingerprint density at radius 1 is 1.30 bits per heavy atom. The van der Waals surface area contributed by atoms with Crippen LogP contribution in [0.4, 0.5) is 0 Å². The fraction of sp³-hybridized carbons (Fsp3) is 0.933. The van der Waals surface area contributed by atoms with E-state index >= 15 is 0 Å². The maximum absolute atomic E-state index is 4.24. The van der Waals surface area contributed by atoms with Crippen molar-refractivity contribution in [1.29, 1.82) is 0 Å². The van der Waals surface area contributed by atoms with Crippen molar-refractivity contribution in [2.45, 2.75) is 52.5 Å². The Labute approximate surface area is 142 Å². The van der Waals surface area contributed by atoms with Gasteiger partial charge in [0, 0.05) is 32.7 Å². The van der Waals surface area contributed by atoms with Crippen molar-refractivity contribution in [3.63, 3.8) is 0 Å². The summed E-state index contributed by atoms with van der Waals surface area (Å²) in [6.07, 6.45) is 5.33. The molecule has 1 aliphatic rings. The van der Waals surface area contributed by atoms with Crippen LogP contribution >= 0.6 is 24.0 Å². The van der Waals surface area contributed by atoms with Gasteiger partial charge in [0.15, 0.2) is 5.96 Å². The standard InChI is InChI=1S/C15H32N4.HI/c1-13(2)12-18-15(16-4)17-9-7-11-19-10-6-5-8-14(19)3;/h13-14H,5-12H2,1-4H3,(H2,16,17,18);1H. The SMILES string of the molecule is CN=C(NCCCN1CCCCC1C)NCC(C)C.I. The number of hydrogen-bond acceptors (Lipinski definition) is 2. The average Bonchev–Trinajstić information content (AvgIpc) is 2.39. The number of nitrogens with zero attached hydrogens (tertiary/aromatic N) is 2. The Bertz CT molecular complexity index is 269. The molecule has 0 aromatic rings. The van der Waals surface area contributed by atoms with E-state index in [4.69, 9.17) is 0 Å². The Hall–Kier alpha value is -0.0400. The van der Waals surface area contributed by atoms with Crippen LogP contribution in [0.15, 0.2) is 4.99 Å². The normalized spacial score (nSPS) is 20.6. The number of halogens is 1. The van der Waals surface area contributed by atoms with E-state index in [1.54, 1.807) is 0 Å². The molecule has 0 amide bonds. The first-order valence-corrected chi connectivity index (χ1v) is 7.82. The summed E-state index contributed by atoms with van der Waals surface area (Å²) in [5.74, 6) is 1.58. The molecule has 1 aliphatic heterocycles. The predicted octanol–water partition coefficient (Wildman–Crippen LogP) is 2.69. The number of likely N-dealkylation sites (tertiary alicyclic amines) is 1. The van der Waals surface area contributed by atoms with E-state index in [1.165, 1.54) is 38.8 Å². The van der Waals surface area contributed by atoms with Crippen molar-refractivity contribution in [3.8, 4) is 0 Å². The van der Waals surface area contributed by atoms with Crippen molar-refractivity contribution in [2.24, 2.45) is 10.9 Å². The van der Waals surface area contributed by atoms with Gasteiger partial charge in [-0.1, -0.05) is 20.3 Å². The summed E-state index contributed by atoms with van der Waals surface area (Å²) in [4.78, 5) is 6.86. The Morgan fingerprint density at radius 3 is 2.65 bits per heavy atom. The molecule has 0 radical (unpaired) electrons. The molecule has 1 unspecified atom stereocenters. The van der Waals surface area contributed by atoms with Crippen LogP contribution in [0.25, 0.3) is 0 Å². The zero-order valence-electron chi connectivity index (χ0n) is 13.6. The van der Waals surface area contributed by atoms with E-state index in [-0.39, 0.29) is 24.0 Å². The number of hydrogen-bond donors (Lipinski definition) is 2. The van der Waals surface area contributed by atoms with Crippen LogP contribution in [0.1, 0.15) is 46.5 Å². The smallest absolute Gasteiger partial charge is 0.190 e. The van der Waals surface area contributed by atoms with Crippen LogP contribution < -0.4 is 10.6 Å². The number of piperidine rings is 1. The third-order valence-corrected chi connectivity index (χ3v) is 3.76. The van der Waals surface area contributed by atoms with E-state index in [2.05, 4.69) is 41.3 Å². The number of rotatable bonds is 6. The minimum Gasteiger partial charge on any atom is -0.356 e. The number of nitrogens with one attached hydrogen (secondary N) is 2. The highest BCUT2D eigenvalue weighted by Crippen LogP contribution is 2.15. The monoisotopic (exact) mass is 396 g/mol. The zero-order valence-corrected chi connectivity index (χ0v) is 15.9. The van der Waals surface area contributed by atoms with E-state index in [0.717, 1.165) is 25.1 Å². The van der Waals surface area contributed by atoms with Gasteiger partial charge in [0.1, 0.15) is 0 Å². The molecule has 0 aromatic carbocycles. The van der Waals surface area contributed by atoms with Gasteiger partial charge in [-0.15, -0.1) is 24.0 Å². The quantitative estimate of drug-likeness (QED) is 0.314. The van der Waals surface area contributed by atoms with E-state index in [1.807, 2.05) is 7.05 Å². The maximum atomic E-state index is 4.24. The second kappa shape index (κ2) is 11.6. The van der Waals surface area contributed by atoms with E-state index < -0.39 is 0 Å². The fourth-order valence-electron chi connectivity index (χ4n) is 2.50. The average molecular weight is 396 g/mol. The second-order valence-corrected chi connectivity index (χ2v) is 6.01. The molecule has 1 atom stereocenters. The van der Waals surface area contributed by atoms with Crippen LogP contribution in [-0.2, 0) is 0 Å². The molecule has 5 heteroatoms. The Kier molecular flexibility index (Phi) is 11.6. The van der Waals surface area contributed by atoms with Gasteiger partial charge < -0.3 is 15.5 Å². The number of aliphatic imine (C=N–C) groups is 1. The summed E-state index contributed by atoms with van der Waals surface area (Å²) in [5.41, 5.74) is 0. The lowest BCUT2D eigenvalue weighted by Crippen LogP contribution is -2.42. The highest BCUT2D eigenvalue weighted by Gasteiger charge is 2.16. The van der Waals surface area contributed by atoms with Gasteiger partial charge in [0.2, 0.25) is 0 Å². The van der Waals surface area contributed by atoms with E-state index in [0.29, 0.717) is 5.92 Å². The molecule has 0 spiro atoms. The van der Waals surface area contributed by atoms with Crippen molar-refractivity contribution in [3.05, 3.63) is 0 Å². The zero-order chi connectivity index (χ0) is 14.1. The summed E-state index contributed by atoms with van der Waals surface area (Å²) in [5, 5.41) is 6.73. The van der Waals surface area contributed by atoms with Crippen molar-refractivity contribution in [2.75, 3.05) is 33.2 Å². The van der Waals surface area contributed by atoms with Gasteiger partial charge in [0.25, 0.3) is 0 Å². The summed E-state index contributed by atoms with van der Waals surface area (Å²) in [6, 6.07) is 0.770. The molecular formula is C15H33IN4. The topological polar surface area (TPSA) is 39.7 Å². The van der Waals surface area contributed by atoms with Crippen LogP contribution in [0.5, 0.6) is 0 Å². The molecule has 0 saturated carbocycles. The molecule has 120 valence electrons. The summed E-state index contributed by atoms with van der Waals surface area (Å²) in [6.45, 7) is 11.2. The molecule has 1 heterocycles. The van der Waals surface area contributed by atoms with Crippen LogP contribution in [0, 0.1) is 5.92 Å². The van der Waals surface area contributed by atoms with Crippen LogP contribution in [-0.4, -0.2) is 50.1 Å². The predicted molar refractivity (Wildman–Crippen MR) is 99.1 cm³/mol. The van der Waals surface area contributed by atoms with Gasteiger partial charge in [-0.25, -0.2) is 0 Å². The molecule has 1 fully saturated rings. The first-order chi connectivity index (χ1) is 9.13. The first kappa shape index (κ1) is 20.0. The molecule has 0 aliphatic carbocycles. The maximum Gasteiger partial charge on any atom is 0.190 e. The summed E-state index contributed by atoms with van der Waals surface area (Å²) < 4.78 is 0. The molecule has 20 heavy (non-hydrogen) atoms. The van der Waals surface area contributed by atoms with Gasteiger partial charge in [0.05, 0.1) is 0 Å². The molecule has 0 bridgehead atoms. The van der Waals surface area contributed by atoms with E-state index in [9.17, 15) is 0 Å². The van der Waals surface area contributed by atoms with Crippen molar-refractivity contribution < 1.29 is 0 Å². The molecule has 0 aromatic heterocycles. The van der Waals surface area contributed by atoms with Gasteiger partial charge in [-0.3, -0.25) is 4.99 Å². The van der Waals surface area contributed by atoms with Crippen molar-refractivity contribution >= 4 is 29.9 Å². The summed E-state index contributed by atoms with van der Waals surface area (Å²) >= 11 is 0. The number of guanidine groups is 1. The van der Waals surface area contributed by atoms with Gasteiger partial charge >= 0.3 is 0 Å². The third-order valence-electron chi connectivity index (χ3n) is 3.76. The Balaban J connectivity index is 0.00000361. The first-order valence-electron chi connectivity index (χ1n) is 7.82. The second-order valence-electron chi connectivity index (χ2n) is 6.01. The lowest BCUT2D eigenvalue weighted by molar-refractivity contribution is 0.159. The van der Waals surface area contributed by atoms with Crippen molar-refractivity contribution in [1.82, 2.24) is 15.5 Å². The third kappa shape index (κ3) is 8.29. The summed E-state index contributed by atoms with van der Waals surface area (Å²) in [7, 11) is 1.84. The lowest BCUT2D eigenvalue weighted by atomic mass is 10.0. The minimum absolute atomic E-state index is 0.